The highest BCUT2D eigenvalue weighted by Gasteiger charge is 2.15. The molecule has 0 N–H and O–H groups in total. The van der Waals surface area contributed by atoms with E-state index in [4.69, 9.17) is 4.74 Å². The van der Waals surface area contributed by atoms with Gasteiger partial charge in [0.25, 0.3) is 0 Å². The smallest absolute Gasteiger partial charge is 0.176 e. The van der Waals surface area contributed by atoms with Crippen LogP contribution in [0.15, 0.2) is 11.4 Å². The maximum absolute atomic E-state index is 5.41. The molecule has 2 heteroatoms. The van der Waals surface area contributed by atoms with Crippen molar-refractivity contribution in [2.24, 2.45) is 0 Å². The van der Waals surface area contributed by atoms with Crippen LogP contribution in [-0.2, 0) is 0 Å². The molecule has 0 amide bonds. The zero-order valence-electron chi connectivity index (χ0n) is 10.1. The van der Waals surface area contributed by atoms with Crippen LogP contribution < -0.4 is 4.74 Å². The summed E-state index contributed by atoms with van der Waals surface area (Å²) in [6.07, 6.45) is 6.45. The molecule has 1 rings (SSSR count). The highest BCUT2D eigenvalue weighted by Crippen LogP contribution is 2.37. The summed E-state index contributed by atoms with van der Waals surface area (Å²) >= 11 is 1.71. The lowest BCUT2D eigenvalue weighted by Crippen LogP contribution is -1.99. The molecule has 1 aromatic heterocycles. The minimum atomic E-state index is 0.705. The Bertz CT molecular complexity index is 267. The third-order valence-electron chi connectivity index (χ3n) is 2.83. The molecular formula is C13H22OS. The lowest BCUT2D eigenvalue weighted by molar-refractivity contribution is 0.412. The fraction of sp³-hybridized carbons (Fsp3) is 0.692. The van der Waals surface area contributed by atoms with Crippen LogP contribution in [0.1, 0.15) is 57.4 Å². The summed E-state index contributed by atoms with van der Waals surface area (Å²) in [6.45, 7) is 4.52. The minimum Gasteiger partial charge on any atom is -0.487 e. The van der Waals surface area contributed by atoms with Crippen LogP contribution in [0, 0.1) is 0 Å². The summed E-state index contributed by atoms with van der Waals surface area (Å²) in [5.74, 6) is 0.705. The van der Waals surface area contributed by atoms with E-state index < -0.39 is 0 Å². The van der Waals surface area contributed by atoms with E-state index in [9.17, 15) is 0 Å². The molecule has 0 bridgehead atoms. The highest BCUT2D eigenvalue weighted by atomic mass is 32.1. The third kappa shape index (κ3) is 3.53. The molecule has 0 aliphatic rings. The van der Waals surface area contributed by atoms with Gasteiger partial charge in [-0.1, -0.05) is 33.1 Å². The van der Waals surface area contributed by atoms with Crippen molar-refractivity contribution in [2.45, 2.75) is 51.9 Å². The summed E-state index contributed by atoms with van der Waals surface area (Å²) in [5.41, 5.74) is 1.43. The second-order valence-electron chi connectivity index (χ2n) is 4.00. The van der Waals surface area contributed by atoms with E-state index in [-0.39, 0.29) is 0 Å². The van der Waals surface area contributed by atoms with Crippen LogP contribution in [0.5, 0.6) is 5.06 Å². The molecule has 1 nitrogen and oxygen atoms in total. The quantitative estimate of drug-likeness (QED) is 0.647. The summed E-state index contributed by atoms with van der Waals surface area (Å²) in [6, 6.07) is 2.24. The van der Waals surface area contributed by atoms with Crippen molar-refractivity contribution in [3.8, 4) is 5.06 Å². The van der Waals surface area contributed by atoms with E-state index >= 15 is 0 Å². The lowest BCUT2D eigenvalue weighted by atomic mass is 9.91. The van der Waals surface area contributed by atoms with E-state index in [0.29, 0.717) is 5.92 Å². The van der Waals surface area contributed by atoms with E-state index in [1.807, 2.05) is 0 Å². The van der Waals surface area contributed by atoms with E-state index in [2.05, 4.69) is 25.3 Å². The topological polar surface area (TPSA) is 9.23 Å². The average Bonchev–Trinajstić information content (AvgIpc) is 2.72. The van der Waals surface area contributed by atoms with Gasteiger partial charge in [-0.3, -0.25) is 0 Å². The number of ether oxygens (including phenoxy) is 1. The van der Waals surface area contributed by atoms with E-state index in [1.54, 1.807) is 18.4 Å². The Labute approximate surface area is 97.5 Å². The Morgan fingerprint density at radius 1 is 1.27 bits per heavy atom. The average molecular weight is 226 g/mol. The Balaban J connectivity index is 2.69. The van der Waals surface area contributed by atoms with Crippen molar-refractivity contribution >= 4 is 11.3 Å². The normalized spacial score (nSPS) is 12.7. The molecule has 86 valence electrons. The molecule has 0 aromatic carbocycles. The number of rotatable bonds is 7. The molecule has 0 spiro atoms. The SMILES string of the molecule is CCCCC(CCC)c1ccsc1OC. The second kappa shape index (κ2) is 6.89. The van der Waals surface area contributed by atoms with Gasteiger partial charge in [-0.05, 0) is 30.2 Å². The monoisotopic (exact) mass is 226 g/mol. The molecule has 15 heavy (non-hydrogen) atoms. The lowest BCUT2D eigenvalue weighted by Gasteiger charge is -2.16. The molecule has 0 radical (unpaired) electrons. The summed E-state index contributed by atoms with van der Waals surface area (Å²) in [4.78, 5) is 0. The standard InChI is InChI=1S/C13H22OS/c1-4-6-8-11(7-5-2)12-9-10-15-13(12)14-3/h9-11H,4-8H2,1-3H3. The number of thiophene rings is 1. The van der Waals surface area contributed by atoms with Gasteiger partial charge in [-0.15, -0.1) is 11.3 Å². The third-order valence-corrected chi connectivity index (χ3v) is 3.72. The maximum atomic E-state index is 5.41. The summed E-state index contributed by atoms with van der Waals surface area (Å²) in [5, 5.41) is 3.26. The van der Waals surface area contributed by atoms with Gasteiger partial charge >= 0.3 is 0 Å². The molecule has 0 fully saturated rings. The predicted octanol–water partition coefficient (Wildman–Crippen LogP) is 4.83. The highest BCUT2D eigenvalue weighted by molar-refractivity contribution is 7.12. The van der Waals surface area contributed by atoms with Gasteiger partial charge in [-0.2, -0.15) is 0 Å². The summed E-state index contributed by atoms with van der Waals surface area (Å²) < 4.78 is 5.41. The zero-order chi connectivity index (χ0) is 11.1. The van der Waals surface area contributed by atoms with Crippen LogP contribution >= 0.6 is 11.3 Å². The van der Waals surface area contributed by atoms with Crippen LogP contribution in [-0.4, -0.2) is 7.11 Å². The van der Waals surface area contributed by atoms with Crippen LogP contribution in [0.25, 0.3) is 0 Å². The Kier molecular flexibility index (Phi) is 5.77. The van der Waals surface area contributed by atoms with E-state index in [0.717, 1.165) is 5.06 Å². The number of hydrogen-bond acceptors (Lipinski definition) is 2. The molecule has 1 heterocycles. The molecule has 0 aliphatic carbocycles. The predicted molar refractivity (Wildman–Crippen MR) is 68.0 cm³/mol. The maximum Gasteiger partial charge on any atom is 0.176 e. The molecule has 1 atom stereocenters. The fourth-order valence-electron chi connectivity index (χ4n) is 2.03. The van der Waals surface area contributed by atoms with Gasteiger partial charge in [0, 0.05) is 5.56 Å². The largest absolute Gasteiger partial charge is 0.487 e. The van der Waals surface area contributed by atoms with Gasteiger partial charge in [-0.25, -0.2) is 0 Å². The van der Waals surface area contributed by atoms with E-state index in [1.165, 1.54) is 37.7 Å². The van der Waals surface area contributed by atoms with Crippen LogP contribution in [0.2, 0.25) is 0 Å². The Morgan fingerprint density at radius 2 is 2.07 bits per heavy atom. The minimum absolute atomic E-state index is 0.705. The van der Waals surface area contributed by atoms with Crippen molar-refractivity contribution < 1.29 is 4.74 Å². The summed E-state index contributed by atoms with van der Waals surface area (Å²) in [7, 11) is 1.78. The van der Waals surface area contributed by atoms with Gasteiger partial charge in [0.15, 0.2) is 5.06 Å². The van der Waals surface area contributed by atoms with Gasteiger partial charge in [0.2, 0.25) is 0 Å². The number of hydrogen-bond donors (Lipinski definition) is 0. The van der Waals surface area contributed by atoms with Crippen molar-refractivity contribution in [1.29, 1.82) is 0 Å². The first-order chi connectivity index (χ1) is 7.33. The second-order valence-corrected chi connectivity index (χ2v) is 4.87. The molecule has 0 saturated heterocycles. The first-order valence-corrected chi connectivity index (χ1v) is 6.82. The molecule has 0 aliphatic heterocycles. The van der Waals surface area contributed by atoms with Crippen LogP contribution in [0.3, 0.4) is 0 Å². The van der Waals surface area contributed by atoms with Gasteiger partial charge in [0.05, 0.1) is 7.11 Å². The van der Waals surface area contributed by atoms with Gasteiger partial charge in [0.1, 0.15) is 0 Å². The fourth-order valence-corrected chi connectivity index (χ4v) is 2.83. The molecule has 1 unspecified atom stereocenters. The number of methoxy groups -OCH3 is 1. The Hall–Kier alpha value is -0.500. The first-order valence-electron chi connectivity index (χ1n) is 5.94. The van der Waals surface area contributed by atoms with Crippen molar-refractivity contribution in [2.75, 3.05) is 7.11 Å². The van der Waals surface area contributed by atoms with Crippen molar-refractivity contribution in [3.63, 3.8) is 0 Å². The van der Waals surface area contributed by atoms with Crippen molar-refractivity contribution in [1.82, 2.24) is 0 Å². The number of unbranched alkanes of at least 4 members (excludes halogenated alkanes) is 1. The Morgan fingerprint density at radius 3 is 2.67 bits per heavy atom. The zero-order valence-corrected chi connectivity index (χ0v) is 10.9. The molecular weight excluding hydrogens is 204 g/mol. The molecule has 1 aromatic rings. The molecule has 0 saturated carbocycles. The first kappa shape index (κ1) is 12.6. The van der Waals surface area contributed by atoms with Crippen LogP contribution in [0.4, 0.5) is 0 Å². The van der Waals surface area contributed by atoms with Gasteiger partial charge < -0.3 is 4.74 Å². The van der Waals surface area contributed by atoms with Crippen molar-refractivity contribution in [3.05, 3.63) is 17.0 Å².